The monoisotopic (exact) mass is 286 g/mol. The molecule has 0 unspecified atom stereocenters. The van der Waals surface area contributed by atoms with Gasteiger partial charge in [-0.2, -0.15) is 0 Å². The van der Waals surface area contributed by atoms with Gasteiger partial charge in [0.15, 0.2) is 5.78 Å². The van der Waals surface area contributed by atoms with Crippen LogP contribution in [0, 0.1) is 0 Å². The number of rotatable bonds is 5. The largest absolute Gasteiger partial charge is 0.462 e. The van der Waals surface area contributed by atoms with Crippen molar-refractivity contribution in [3.05, 3.63) is 40.4 Å². The predicted octanol–water partition coefficient (Wildman–Crippen LogP) is 3.09. The Morgan fingerprint density at radius 3 is 2.39 bits per heavy atom. The van der Waals surface area contributed by atoms with Crippen LogP contribution in [-0.2, 0) is 14.3 Å². The minimum atomic E-state index is -0.668. The van der Waals surface area contributed by atoms with E-state index in [0.717, 1.165) is 0 Å². The molecular formula is C13H12Cl2O3. The molecule has 3 nitrogen and oxygen atoms in total. The van der Waals surface area contributed by atoms with E-state index in [4.69, 9.17) is 27.9 Å². The number of benzene rings is 1. The summed E-state index contributed by atoms with van der Waals surface area (Å²) in [6.07, 6.45) is 1.44. The summed E-state index contributed by atoms with van der Waals surface area (Å²) in [6, 6.07) is 6.73. The van der Waals surface area contributed by atoms with E-state index in [1.165, 1.54) is 6.08 Å². The molecule has 0 N–H and O–H groups in total. The maximum atomic E-state index is 11.6. The molecule has 0 aliphatic heterocycles. The summed E-state index contributed by atoms with van der Waals surface area (Å²) in [6.45, 7) is 1.87. The number of carbonyl (C=O) groups is 2. The highest BCUT2D eigenvalue weighted by Crippen LogP contribution is 2.14. The fourth-order valence-electron chi connectivity index (χ4n) is 1.26. The van der Waals surface area contributed by atoms with Gasteiger partial charge >= 0.3 is 5.97 Å². The summed E-state index contributed by atoms with van der Waals surface area (Å²) in [5.74, 6) is -1.40. The van der Waals surface area contributed by atoms with Crippen molar-refractivity contribution in [2.75, 3.05) is 12.5 Å². The summed E-state index contributed by atoms with van der Waals surface area (Å²) in [5, 5.41) is 0.577. The van der Waals surface area contributed by atoms with E-state index in [9.17, 15) is 9.59 Å². The van der Waals surface area contributed by atoms with Crippen LogP contribution in [0.15, 0.2) is 29.8 Å². The van der Waals surface area contributed by atoms with Gasteiger partial charge in [-0.05, 0) is 30.7 Å². The summed E-state index contributed by atoms with van der Waals surface area (Å²) in [5.41, 5.74) is 0.620. The van der Waals surface area contributed by atoms with Gasteiger partial charge < -0.3 is 4.74 Å². The van der Waals surface area contributed by atoms with Crippen LogP contribution in [0.3, 0.4) is 0 Å². The van der Waals surface area contributed by atoms with Crippen molar-refractivity contribution < 1.29 is 14.3 Å². The van der Waals surface area contributed by atoms with Crippen LogP contribution < -0.4 is 0 Å². The van der Waals surface area contributed by atoms with Gasteiger partial charge in [0.05, 0.1) is 12.5 Å². The molecule has 0 bridgehead atoms. The Morgan fingerprint density at radius 2 is 1.89 bits per heavy atom. The number of ether oxygens (including phenoxy) is 1. The highest BCUT2D eigenvalue weighted by atomic mass is 35.5. The summed E-state index contributed by atoms with van der Waals surface area (Å²) in [4.78, 5) is 23.2. The van der Waals surface area contributed by atoms with Crippen LogP contribution in [0.1, 0.15) is 12.5 Å². The SMILES string of the molecule is CCOC(=O)/C(=C\c1ccc(Cl)cc1)C(=O)CCl. The third kappa shape index (κ3) is 4.17. The van der Waals surface area contributed by atoms with Crippen LogP contribution in [0.4, 0.5) is 0 Å². The molecule has 0 radical (unpaired) electrons. The third-order valence-electron chi connectivity index (χ3n) is 2.10. The minimum Gasteiger partial charge on any atom is -0.462 e. The molecule has 0 amide bonds. The van der Waals surface area contributed by atoms with E-state index in [2.05, 4.69) is 0 Å². The van der Waals surface area contributed by atoms with Gasteiger partial charge in [0.25, 0.3) is 0 Å². The summed E-state index contributed by atoms with van der Waals surface area (Å²) < 4.78 is 4.81. The third-order valence-corrected chi connectivity index (χ3v) is 2.59. The lowest BCUT2D eigenvalue weighted by molar-refractivity contribution is -0.139. The first kappa shape index (κ1) is 14.7. The van der Waals surface area contributed by atoms with Gasteiger partial charge in [-0.15, -0.1) is 11.6 Å². The normalized spacial score (nSPS) is 11.2. The van der Waals surface area contributed by atoms with Crippen molar-refractivity contribution in [2.24, 2.45) is 0 Å². The molecule has 0 spiro atoms. The molecule has 96 valence electrons. The first-order chi connectivity index (χ1) is 8.58. The van der Waals surface area contributed by atoms with E-state index in [1.807, 2.05) is 0 Å². The van der Waals surface area contributed by atoms with Crippen molar-refractivity contribution >= 4 is 41.0 Å². The fourth-order valence-corrected chi connectivity index (χ4v) is 1.53. The number of hydrogen-bond donors (Lipinski definition) is 0. The number of halogens is 2. The number of esters is 1. The van der Waals surface area contributed by atoms with E-state index >= 15 is 0 Å². The van der Waals surface area contributed by atoms with Crippen molar-refractivity contribution in [1.82, 2.24) is 0 Å². The van der Waals surface area contributed by atoms with Crippen LogP contribution >= 0.6 is 23.2 Å². The Labute approximate surface area is 115 Å². The molecule has 0 fully saturated rings. The van der Waals surface area contributed by atoms with Crippen molar-refractivity contribution in [1.29, 1.82) is 0 Å². The topological polar surface area (TPSA) is 43.4 Å². The molecule has 0 saturated heterocycles. The number of hydrogen-bond acceptors (Lipinski definition) is 3. The molecule has 18 heavy (non-hydrogen) atoms. The number of alkyl halides is 1. The Balaban J connectivity index is 3.05. The predicted molar refractivity (Wildman–Crippen MR) is 71.8 cm³/mol. The molecule has 0 saturated carbocycles. The number of ketones is 1. The fraction of sp³-hybridized carbons (Fsp3) is 0.231. The second-order valence-electron chi connectivity index (χ2n) is 3.39. The summed E-state index contributed by atoms with van der Waals surface area (Å²) >= 11 is 11.2. The standard InChI is InChI=1S/C13H12Cl2O3/c1-2-18-13(17)11(12(16)8-14)7-9-3-5-10(15)6-4-9/h3-7H,2,8H2,1H3/b11-7-. The molecule has 1 aromatic carbocycles. The van der Waals surface area contributed by atoms with Gasteiger partial charge in [0, 0.05) is 5.02 Å². The van der Waals surface area contributed by atoms with Crippen LogP contribution in [0.25, 0.3) is 6.08 Å². The molecule has 0 aliphatic carbocycles. The molecule has 0 aliphatic rings. The zero-order valence-corrected chi connectivity index (χ0v) is 11.3. The van der Waals surface area contributed by atoms with E-state index in [0.29, 0.717) is 10.6 Å². The lowest BCUT2D eigenvalue weighted by Crippen LogP contribution is -2.16. The lowest BCUT2D eigenvalue weighted by Gasteiger charge is -2.04. The zero-order chi connectivity index (χ0) is 13.5. The average molecular weight is 287 g/mol. The van der Waals surface area contributed by atoms with Crippen molar-refractivity contribution in [3.63, 3.8) is 0 Å². The van der Waals surface area contributed by atoms with Gasteiger partial charge in [0.1, 0.15) is 5.57 Å². The first-order valence-electron chi connectivity index (χ1n) is 5.32. The smallest absolute Gasteiger partial charge is 0.341 e. The average Bonchev–Trinajstić information content (AvgIpc) is 2.37. The van der Waals surface area contributed by atoms with Crippen molar-refractivity contribution in [3.8, 4) is 0 Å². The molecule has 0 heterocycles. The lowest BCUT2D eigenvalue weighted by atomic mass is 10.1. The maximum absolute atomic E-state index is 11.6. The van der Waals surface area contributed by atoms with Gasteiger partial charge in [-0.3, -0.25) is 4.79 Å². The molecule has 0 aromatic heterocycles. The molecule has 0 atom stereocenters. The maximum Gasteiger partial charge on any atom is 0.341 e. The highest BCUT2D eigenvalue weighted by molar-refractivity contribution is 6.35. The molecule has 1 rings (SSSR count). The first-order valence-corrected chi connectivity index (χ1v) is 6.23. The van der Waals surface area contributed by atoms with Gasteiger partial charge in [-0.1, -0.05) is 23.7 Å². The molecular weight excluding hydrogens is 275 g/mol. The second-order valence-corrected chi connectivity index (χ2v) is 4.09. The van der Waals surface area contributed by atoms with E-state index < -0.39 is 11.8 Å². The van der Waals surface area contributed by atoms with Crippen LogP contribution in [-0.4, -0.2) is 24.2 Å². The van der Waals surface area contributed by atoms with Crippen LogP contribution in [0.5, 0.6) is 0 Å². The Kier molecular flexibility index (Phi) is 5.89. The van der Waals surface area contributed by atoms with E-state index in [1.54, 1.807) is 31.2 Å². The van der Waals surface area contributed by atoms with Gasteiger partial charge in [-0.25, -0.2) is 4.79 Å². The number of carbonyl (C=O) groups excluding carboxylic acids is 2. The Morgan fingerprint density at radius 1 is 1.28 bits per heavy atom. The molecule has 5 heteroatoms. The molecule has 1 aromatic rings. The second kappa shape index (κ2) is 7.19. The quantitative estimate of drug-likeness (QED) is 0.275. The number of Topliss-reactive ketones (excluding diaryl/α,β-unsaturated/α-hetero) is 1. The van der Waals surface area contributed by atoms with Crippen LogP contribution in [0.2, 0.25) is 5.02 Å². The highest BCUT2D eigenvalue weighted by Gasteiger charge is 2.18. The van der Waals surface area contributed by atoms with Crippen molar-refractivity contribution in [2.45, 2.75) is 6.92 Å². The summed E-state index contributed by atoms with van der Waals surface area (Å²) in [7, 11) is 0. The Bertz CT molecular complexity index is 464. The Hall–Kier alpha value is -1.32. The van der Waals surface area contributed by atoms with E-state index in [-0.39, 0.29) is 18.1 Å². The van der Waals surface area contributed by atoms with Gasteiger partial charge in [0.2, 0.25) is 0 Å². The zero-order valence-electron chi connectivity index (χ0n) is 9.78. The minimum absolute atomic E-state index is 0.0610.